The fourth-order valence-corrected chi connectivity index (χ4v) is 1.69. The highest BCUT2D eigenvalue weighted by Crippen LogP contribution is 2.18. The lowest BCUT2D eigenvalue weighted by Crippen LogP contribution is -2.44. The minimum atomic E-state index is -1.24. The van der Waals surface area contributed by atoms with Crippen molar-refractivity contribution >= 4 is 17.6 Å². The van der Waals surface area contributed by atoms with Crippen LogP contribution in [0.4, 0.5) is 5.69 Å². The van der Waals surface area contributed by atoms with E-state index in [9.17, 15) is 19.7 Å². The minimum Gasteiger partial charge on any atom is -0.480 e. The number of nitro benzene ring substituents is 1. The van der Waals surface area contributed by atoms with Gasteiger partial charge >= 0.3 is 5.97 Å². The molecule has 0 bridgehead atoms. The van der Waals surface area contributed by atoms with Crippen LogP contribution in [0, 0.1) is 17.0 Å². The zero-order valence-electron chi connectivity index (χ0n) is 11.9. The van der Waals surface area contributed by atoms with Crippen LogP contribution in [0.2, 0.25) is 0 Å². The van der Waals surface area contributed by atoms with E-state index in [0.29, 0.717) is 5.56 Å². The number of hydrogen-bond acceptors (Lipinski definition) is 5. The van der Waals surface area contributed by atoms with Gasteiger partial charge in [0.05, 0.1) is 18.1 Å². The monoisotopic (exact) mass is 308 g/mol. The lowest BCUT2D eigenvalue weighted by Gasteiger charge is -2.14. The van der Waals surface area contributed by atoms with Gasteiger partial charge in [-0.15, -0.1) is 6.58 Å². The summed E-state index contributed by atoms with van der Waals surface area (Å²) in [5.41, 5.74) is 0.339. The summed E-state index contributed by atoms with van der Waals surface area (Å²) in [5.74, 6) is -1.89. The maximum absolute atomic E-state index is 12.0. The van der Waals surface area contributed by atoms with Crippen LogP contribution in [0.5, 0.6) is 0 Å². The molecule has 0 aliphatic heterocycles. The first-order valence-electron chi connectivity index (χ1n) is 6.34. The fraction of sp³-hybridized carbons (Fsp3) is 0.286. The predicted molar refractivity (Wildman–Crippen MR) is 77.7 cm³/mol. The lowest BCUT2D eigenvalue weighted by atomic mass is 10.1. The van der Waals surface area contributed by atoms with Crippen LogP contribution in [0.3, 0.4) is 0 Å². The van der Waals surface area contributed by atoms with Gasteiger partial charge in [-0.1, -0.05) is 6.08 Å². The number of amides is 1. The Balaban J connectivity index is 2.81. The minimum absolute atomic E-state index is 0.111. The van der Waals surface area contributed by atoms with Crippen molar-refractivity contribution in [2.45, 2.75) is 13.0 Å². The number of ether oxygens (including phenoxy) is 1. The van der Waals surface area contributed by atoms with E-state index in [1.807, 2.05) is 0 Å². The van der Waals surface area contributed by atoms with E-state index in [2.05, 4.69) is 11.9 Å². The number of carboxylic acids is 1. The molecular weight excluding hydrogens is 292 g/mol. The number of rotatable bonds is 8. The van der Waals surface area contributed by atoms with Gasteiger partial charge in [0.2, 0.25) is 0 Å². The average molecular weight is 308 g/mol. The largest absolute Gasteiger partial charge is 0.480 e. The number of nitrogens with zero attached hydrogens (tertiary/aromatic N) is 1. The summed E-state index contributed by atoms with van der Waals surface area (Å²) in [4.78, 5) is 33.2. The highest BCUT2D eigenvalue weighted by Gasteiger charge is 2.22. The van der Waals surface area contributed by atoms with Gasteiger partial charge in [0, 0.05) is 17.2 Å². The molecule has 1 aromatic rings. The third-order valence-corrected chi connectivity index (χ3v) is 2.78. The first-order valence-corrected chi connectivity index (χ1v) is 6.34. The number of carboxylic acid groups (broad SMARTS) is 1. The summed E-state index contributed by atoms with van der Waals surface area (Å²) in [6, 6.07) is 2.58. The van der Waals surface area contributed by atoms with Crippen LogP contribution < -0.4 is 5.32 Å². The lowest BCUT2D eigenvalue weighted by molar-refractivity contribution is -0.385. The van der Waals surface area contributed by atoms with Crippen molar-refractivity contribution in [2.24, 2.45) is 0 Å². The molecule has 0 aromatic heterocycles. The molecule has 0 heterocycles. The summed E-state index contributed by atoms with van der Waals surface area (Å²) in [6.45, 7) is 4.88. The molecule has 1 unspecified atom stereocenters. The summed E-state index contributed by atoms with van der Waals surface area (Å²) in [6.07, 6.45) is 1.46. The Morgan fingerprint density at radius 2 is 2.23 bits per heavy atom. The van der Waals surface area contributed by atoms with E-state index >= 15 is 0 Å². The summed E-state index contributed by atoms with van der Waals surface area (Å²) >= 11 is 0. The average Bonchev–Trinajstić information content (AvgIpc) is 2.45. The van der Waals surface area contributed by atoms with Crippen LogP contribution in [0.15, 0.2) is 30.9 Å². The molecule has 1 atom stereocenters. The van der Waals surface area contributed by atoms with Crippen molar-refractivity contribution < 1.29 is 24.4 Å². The molecule has 118 valence electrons. The number of nitro groups is 1. The molecule has 0 aliphatic rings. The normalized spacial score (nSPS) is 11.5. The third kappa shape index (κ3) is 4.67. The van der Waals surface area contributed by atoms with Crippen molar-refractivity contribution in [1.82, 2.24) is 5.32 Å². The second-order valence-corrected chi connectivity index (χ2v) is 4.45. The molecule has 1 rings (SSSR count). The van der Waals surface area contributed by atoms with Crippen LogP contribution >= 0.6 is 0 Å². The molecule has 2 N–H and O–H groups in total. The van der Waals surface area contributed by atoms with Crippen LogP contribution in [-0.2, 0) is 9.53 Å². The quantitative estimate of drug-likeness (QED) is 0.323. The van der Waals surface area contributed by atoms with E-state index < -0.39 is 22.8 Å². The van der Waals surface area contributed by atoms with Gasteiger partial charge in [0.1, 0.15) is 0 Å². The Morgan fingerprint density at radius 1 is 1.55 bits per heavy atom. The fourth-order valence-electron chi connectivity index (χ4n) is 1.69. The van der Waals surface area contributed by atoms with E-state index in [1.54, 1.807) is 0 Å². The van der Waals surface area contributed by atoms with E-state index in [-0.39, 0.29) is 24.5 Å². The van der Waals surface area contributed by atoms with Gasteiger partial charge in [0.15, 0.2) is 6.04 Å². The first kappa shape index (κ1) is 17.3. The topological polar surface area (TPSA) is 119 Å². The summed E-state index contributed by atoms with van der Waals surface area (Å²) in [5, 5.41) is 22.0. The van der Waals surface area contributed by atoms with E-state index in [1.165, 1.54) is 31.2 Å². The van der Waals surface area contributed by atoms with E-state index in [0.717, 1.165) is 0 Å². The standard InChI is InChI=1S/C14H16N2O6/c1-3-6-22-8-11(14(18)19)15-13(17)10-4-5-12(16(20)21)9(2)7-10/h3-5,7,11H,1,6,8H2,2H3,(H,15,17)(H,18,19). The highest BCUT2D eigenvalue weighted by atomic mass is 16.6. The Hall–Kier alpha value is -2.74. The number of carbonyl (C=O) groups excluding carboxylic acids is 1. The molecule has 0 saturated carbocycles. The number of carbonyl (C=O) groups is 2. The molecule has 1 amide bonds. The molecule has 8 heteroatoms. The molecule has 1 aromatic carbocycles. The van der Waals surface area contributed by atoms with Crippen LogP contribution in [-0.4, -0.2) is 41.2 Å². The van der Waals surface area contributed by atoms with Gasteiger partial charge in [-0.2, -0.15) is 0 Å². The van der Waals surface area contributed by atoms with E-state index in [4.69, 9.17) is 9.84 Å². The summed E-state index contributed by atoms with van der Waals surface area (Å²) < 4.78 is 5.01. The number of nitrogens with one attached hydrogen (secondary N) is 1. The maximum atomic E-state index is 12.0. The third-order valence-electron chi connectivity index (χ3n) is 2.78. The van der Waals surface area contributed by atoms with Gasteiger partial charge in [-0.3, -0.25) is 14.9 Å². The first-order chi connectivity index (χ1) is 10.4. The maximum Gasteiger partial charge on any atom is 0.328 e. The molecular formula is C14H16N2O6. The number of aryl methyl sites for hydroxylation is 1. The van der Waals surface area contributed by atoms with Crippen molar-refractivity contribution in [1.29, 1.82) is 0 Å². The molecule has 0 aliphatic carbocycles. The number of benzene rings is 1. The SMILES string of the molecule is C=CCOCC(NC(=O)c1ccc([N+](=O)[O-])c(C)c1)C(=O)O. The van der Waals surface area contributed by atoms with Crippen LogP contribution in [0.1, 0.15) is 15.9 Å². The van der Waals surface area contributed by atoms with Crippen molar-refractivity contribution in [3.05, 3.63) is 52.1 Å². The Bertz CT molecular complexity index is 599. The smallest absolute Gasteiger partial charge is 0.328 e. The Morgan fingerprint density at radius 3 is 2.73 bits per heavy atom. The van der Waals surface area contributed by atoms with Crippen molar-refractivity contribution in [3.63, 3.8) is 0 Å². The number of hydrogen-bond donors (Lipinski definition) is 2. The zero-order valence-corrected chi connectivity index (χ0v) is 11.9. The highest BCUT2D eigenvalue weighted by molar-refractivity contribution is 5.97. The second kappa shape index (κ2) is 7.89. The van der Waals surface area contributed by atoms with Gasteiger partial charge < -0.3 is 15.2 Å². The van der Waals surface area contributed by atoms with Crippen molar-refractivity contribution in [2.75, 3.05) is 13.2 Å². The molecule has 0 fully saturated rings. The zero-order chi connectivity index (χ0) is 16.7. The summed E-state index contributed by atoms with van der Waals surface area (Å²) in [7, 11) is 0. The van der Waals surface area contributed by atoms with Gasteiger partial charge in [0.25, 0.3) is 11.6 Å². The van der Waals surface area contributed by atoms with Crippen molar-refractivity contribution in [3.8, 4) is 0 Å². The van der Waals surface area contributed by atoms with Gasteiger partial charge in [-0.05, 0) is 19.1 Å². The molecule has 0 saturated heterocycles. The number of aliphatic carboxylic acids is 1. The molecule has 0 radical (unpaired) electrons. The second-order valence-electron chi connectivity index (χ2n) is 4.45. The molecule has 8 nitrogen and oxygen atoms in total. The van der Waals surface area contributed by atoms with Gasteiger partial charge in [-0.25, -0.2) is 4.79 Å². The van der Waals surface area contributed by atoms with Crippen LogP contribution in [0.25, 0.3) is 0 Å². The Labute approximate surface area is 126 Å². The molecule has 22 heavy (non-hydrogen) atoms. The predicted octanol–water partition coefficient (Wildman–Crippen LogP) is 1.29. The molecule has 0 spiro atoms. The Kier molecular flexibility index (Phi) is 6.21.